The topological polar surface area (TPSA) is 83.3 Å². The summed E-state index contributed by atoms with van der Waals surface area (Å²) in [5.74, 6) is -1.66. The molecule has 0 fully saturated rings. The molecule has 142 valence electrons. The Morgan fingerprint density at radius 1 is 0.963 bits per heavy atom. The SMILES string of the molecule is O=S(=O)(F)Oc1ccc(OCc2c(F)cc(Cn3nccn3)cc2F)cc1. The molecule has 0 spiro atoms. The fraction of sp³-hybridized carbons (Fsp3) is 0.125. The maximum Gasteiger partial charge on any atom is 0.488 e. The molecule has 3 rings (SSSR count). The molecule has 0 bridgehead atoms. The van der Waals surface area contributed by atoms with Crippen LogP contribution in [-0.4, -0.2) is 23.4 Å². The minimum Gasteiger partial charge on any atom is -0.489 e. The van der Waals surface area contributed by atoms with Crippen LogP contribution in [0.4, 0.5) is 12.7 Å². The average molecular weight is 399 g/mol. The van der Waals surface area contributed by atoms with E-state index in [4.69, 9.17) is 4.74 Å². The van der Waals surface area contributed by atoms with Crippen LogP contribution in [0.1, 0.15) is 11.1 Å². The summed E-state index contributed by atoms with van der Waals surface area (Å²) < 4.78 is 70.9. The Bertz CT molecular complexity index is 1000. The number of ether oxygens (including phenoxy) is 1. The first-order chi connectivity index (χ1) is 12.8. The minimum absolute atomic E-state index is 0.112. The number of hydrogen-bond acceptors (Lipinski definition) is 6. The van der Waals surface area contributed by atoms with Crippen molar-refractivity contribution in [1.29, 1.82) is 0 Å². The molecule has 3 aromatic rings. The molecule has 0 unspecified atom stereocenters. The van der Waals surface area contributed by atoms with Gasteiger partial charge in [0, 0.05) is 0 Å². The summed E-state index contributed by atoms with van der Waals surface area (Å²) in [7, 11) is -5.13. The molecule has 0 saturated heterocycles. The molecule has 0 atom stereocenters. The van der Waals surface area contributed by atoms with Gasteiger partial charge in [0.15, 0.2) is 0 Å². The Hall–Kier alpha value is -3.08. The Balaban J connectivity index is 1.67. The van der Waals surface area contributed by atoms with Crippen molar-refractivity contribution in [2.75, 3.05) is 0 Å². The van der Waals surface area contributed by atoms with E-state index in [2.05, 4.69) is 14.4 Å². The van der Waals surface area contributed by atoms with Gasteiger partial charge in [0.25, 0.3) is 0 Å². The van der Waals surface area contributed by atoms with Crippen molar-refractivity contribution in [2.45, 2.75) is 13.2 Å². The van der Waals surface area contributed by atoms with Gasteiger partial charge in [-0.3, -0.25) is 0 Å². The second kappa shape index (κ2) is 7.66. The first-order valence-electron chi connectivity index (χ1n) is 7.48. The second-order valence-electron chi connectivity index (χ2n) is 5.33. The number of rotatable bonds is 7. The van der Waals surface area contributed by atoms with E-state index in [0.29, 0.717) is 5.56 Å². The van der Waals surface area contributed by atoms with E-state index >= 15 is 0 Å². The summed E-state index contributed by atoms with van der Waals surface area (Å²) in [4.78, 5) is 1.28. The number of halogens is 3. The Labute approximate surface area is 152 Å². The number of nitrogens with zero attached hydrogens (tertiary/aromatic N) is 3. The average Bonchev–Trinajstić information content (AvgIpc) is 3.07. The molecule has 27 heavy (non-hydrogen) atoms. The zero-order chi connectivity index (χ0) is 19.4. The fourth-order valence-corrected chi connectivity index (χ4v) is 2.58. The summed E-state index contributed by atoms with van der Waals surface area (Å²) in [6, 6.07) is 7.14. The van der Waals surface area contributed by atoms with Gasteiger partial charge in [-0.05, 0) is 42.0 Å². The summed E-state index contributed by atoms with van der Waals surface area (Å²) in [5, 5.41) is 7.73. The first kappa shape index (κ1) is 18.7. The summed E-state index contributed by atoms with van der Waals surface area (Å²) >= 11 is 0. The van der Waals surface area contributed by atoms with E-state index in [9.17, 15) is 21.1 Å². The van der Waals surface area contributed by atoms with Crippen LogP contribution < -0.4 is 8.92 Å². The van der Waals surface area contributed by atoms with Crippen molar-refractivity contribution in [3.8, 4) is 11.5 Å². The molecular formula is C16H12F3N3O4S. The van der Waals surface area contributed by atoms with Crippen molar-refractivity contribution in [2.24, 2.45) is 0 Å². The molecule has 1 aromatic heterocycles. The second-order valence-corrected chi connectivity index (χ2v) is 6.29. The Kier molecular flexibility index (Phi) is 5.31. The Morgan fingerprint density at radius 2 is 1.52 bits per heavy atom. The predicted octanol–water partition coefficient (Wildman–Crippen LogP) is 2.78. The van der Waals surface area contributed by atoms with Crippen molar-refractivity contribution >= 4 is 10.5 Å². The largest absolute Gasteiger partial charge is 0.489 e. The molecule has 0 N–H and O–H groups in total. The van der Waals surface area contributed by atoms with Crippen LogP contribution in [0.15, 0.2) is 48.8 Å². The highest BCUT2D eigenvalue weighted by molar-refractivity contribution is 7.81. The molecule has 0 radical (unpaired) electrons. The van der Waals surface area contributed by atoms with Gasteiger partial charge in [-0.25, -0.2) is 8.78 Å². The summed E-state index contributed by atoms with van der Waals surface area (Å²) in [6.07, 6.45) is 2.91. The van der Waals surface area contributed by atoms with E-state index in [0.717, 1.165) is 24.3 Å². The van der Waals surface area contributed by atoms with Crippen LogP contribution in [0.25, 0.3) is 0 Å². The van der Waals surface area contributed by atoms with Gasteiger partial charge >= 0.3 is 10.5 Å². The maximum absolute atomic E-state index is 14.2. The smallest absolute Gasteiger partial charge is 0.488 e. The van der Waals surface area contributed by atoms with E-state index in [1.807, 2.05) is 0 Å². The maximum atomic E-state index is 14.2. The summed E-state index contributed by atoms with van der Waals surface area (Å²) in [5.41, 5.74) is 0.0673. The lowest BCUT2D eigenvalue weighted by Crippen LogP contribution is -2.07. The normalized spacial score (nSPS) is 11.4. The van der Waals surface area contributed by atoms with E-state index in [1.165, 1.54) is 29.3 Å². The first-order valence-corrected chi connectivity index (χ1v) is 8.79. The predicted molar refractivity (Wildman–Crippen MR) is 86.9 cm³/mol. The highest BCUT2D eigenvalue weighted by Gasteiger charge is 2.13. The van der Waals surface area contributed by atoms with Gasteiger partial charge in [0.05, 0.1) is 24.5 Å². The Morgan fingerprint density at radius 3 is 2.07 bits per heavy atom. The molecule has 0 amide bonds. The van der Waals surface area contributed by atoms with Crippen molar-refractivity contribution in [1.82, 2.24) is 15.0 Å². The lowest BCUT2D eigenvalue weighted by molar-refractivity contribution is 0.292. The number of aromatic nitrogens is 3. The van der Waals surface area contributed by atoms with Crippen LogP contribution in [-0.2, 0) is 23.7 Å². The molecule has 0 saturated carbocycles. The van der Waals surface area contributed by atoms with Gasteiger partial charge in [0.2, 0.25) is 0 Å². The summed E-state index contributed by atoms with van der Waals surface area (Å²) in [6.45, 7) is -0.291. The molecule has 0 aliphatic rings. The van der Waals surface area contributed by atoms with Crippen molar-refractivity contribution in [3.05, 3.63) is 71.6 Å². The molecule has 0 aliphatic heterocycles. The van der Waals surface area contributed by atoms with Crippen LogP contribution >= 0.6 is 0 Å². The van der Waals surface area contributed by atoms with Crippen LogP contribution in [0.5, 0.6) is 11.5 Å². The number of hydrogen-bond donors (Lipinski definition) is 0. The highest BCUT2D eigenvalue weighted by atomic mass is 32.3. The van der Waals surface area contributed by atoms with Crippen LogP contribution in [0, 0.1) is 11.6 Å². The fourth-order valence-electron chi connectivity index (χ4n) is 2.23. The van der Waals surface area contributed by atoms with Gasteiger partial charge in [-0.15, -0.1) is 0 Å². The lowest BCUT2D eigenvalue weighted by Gasteiger charge is -2.10. The van der Waals surface area contributed by atoms with Gasteiger partial charge in [-0.2, -0.15) is 23.4 Å². The lowest BCUT2D eigenvalue weighted by atomic mass is 10.1. The quantitative estimate of drug-likeness (QED) is 0.568. The molecule has 7 nitrogen and oxygen atoms in total. The molecular weight excluding hydrogens is 387 g/mol. The molecule has 11 heteroatoms. The van der Waals surface area contributed by atoms with Crippen molar-refractivity contribution < 1.29 is 30.0 Å². The van der Waals surface area contributed by atoms with E-state index in [-0.39, 0.29) is 23.6 Å². The van der Waals surface area contributed by atoms with Gasteiger partial charge < -0.3 is 8.92 Å². The van der Waals surface area contributed by atoms with E-state index < -0.39 is 28.7 Å². The zero-order valence-corrected chi connectivity index (χ0v) is 14.4. The molecule has 0 aliphatic carbocycles. The van der Waals surface area contributed by atoms with Crippen LogP contribution in [0.3, 0.4) is 0 Å². The monoisotopic (exact) mass is 399 g/mol. The zero-order valence-electron chi connectivity index (χ0n) is 13.5. The molecule has 2 aromatic carbocycles. The standard InChI is InChI=1S/C16H12F3N3O4S/c17-15-7-11(9-22-20-5-6-21-22)8-16(18)14(15)10-25-12-1-3-13(4-2-12)26-27(19,23)24/h1-8H,9-10H2. The highest BCUT2D eigenvalue weighted by Crippen LogP contribution is 2.22. The van der Waals surface area contributed by atoms with Gasteiger partial charge in [0.1, 0.15) is 29.7 Å². The minimum atomic E-state index is -5.13. The van der Waals surface area contributed by atoms with Crippen LogP contribution in [0.2, 0.25) is 0 Å². The number of benzene rings is 2. The van der Waals surface area contributed by atoms with E-state index in [1.54, 1.807) is 0 Å². The third kappa shape index (κ3) is 5.20. The van der Waals surface area contributed by atoms with Crippen molar-refractivity contribution in [3.63, 3.8) is 0 Å². The molecule has 1 heterocycles. The third-order valence-electron chi connectivity index (χ3n) is 3.39. The third-order valence-corrected chi connectivity index (χ3v) is 3.79. The van der Waals surface area contributed by atoms with Gasteiger partial charge in [-0.1, -0.05) is 3.89 Å².